The zero-order valence-corrected chi connectivity index (χ0v) is 18.5. The lowest BCUT2D eigenvalue weighted by molar-refractivity contribution is -0.128. The molecule has 2 aromatic heterocycles. The minimum atomic E-state index is -2.85. The number of nitrogens with zero attached hydrogens (tertiary/aromatic N) is 3. The number of amides is 1. The summed E-state index contributed by atoms with van der Waals surface area (Å²) in [5, 5.41) is 2.78. The molecule has 2 atom stereocenters. The highest BCUT2D eigenvalue weighted by Gasteiger charge is 2.36. The molecule has 0 radical (unpaired) electrons. The maximum absolute atomic E-state index is 12.8. The van der Waals surface area contributed by atoms with E-state index in [1.54, 1.807) is 25.3 Å². The predicted octanol–water partition coefficient (Wildman–Crippen LogP) is 4.03. The number of nitrogens with two attached hydrogens (primary N) is 1. The normalized spacial score (nSPS) is 21.4. The van der Waals surface area contributed by atoms with Gasteiger partial charge in [0.15, 0.2) is 16.8 Å². The number of rotatable bonds is 7. The number of ether oxygens (including phenoxy) is 1. The Kier molecular flexibility index (Phi) is 6.95. The van der Waals surface area contributed by atoms with E-state index in [-0.39, 0.29) is 28.6 Å². The SMILES string of the molecule is Cc1nc(C(=O)Nc2ccnc([C@]3(C)C[C@@H](COC(F)F)SC(N)=N3)c2)c(C(C)C)o1. The van der Waals surface area contributed by atoms with Crippen LogP contribution in [0.3, 0.4) is 0 Å². The molecule has 1 aliphatic rings. The molecular formula is C20H25F2N5O3S. The van der Waals surface area contributed by atoms with Gasteiger partial charge in [-0.25, -0.2) is 9.98 Å². The summed E-state index contributed by atoms with van der Waals surface area (Å²) in [6, 6.07) is 3.34. The molecular weight excluding hydrogens is 428 g/mol. The second kappa shape index (κ2) is 9.31. The largest absolute Gasteiger partial charge is 0.445 e. The lowest BCUT2D eigenvalue weighted by atomic mass is 9.91. The van der Waals surface area contributed by atoms with E-state index in [1.807, 2.05) is 20.8 Å². The highest BCUT2D eigenvalue weighted by molar-refractivity contribution is 8.14. The van der Waals surface area contributed by atoms with Crippen LogP contribution in [0.4, 0.5) is 14.5 Å². The summed E-state index contributed by atoms with van der Waals surface area (Å²) in [6.45, 7) is 4.33. The van der Waals surface area contributed by atoms with Crippen LogP contribution in [-0.4, -0.2) is 39.5 Å². The molecule has 3 heterocycles. The summed E-state index contributed by atoms with van der Waals surface area (Å²) >= 11 is 1.20. The van der Waals surface area contributed by atoms with Crippen LogP contribution < -0.4 is 11.1 Å². The molecule has 0 unspecified atom stereocenters. The van der Waals surface area contributed by atoms with Crippen LogP contribution in [0.2, 0.25) is 0 Å². The number of pyridine rings is 1. The van der Waals surface area contributed by atoms with Crippen molar-refractivity contribution in [1.82, 2.24) is 9.97 Å². The standard InChI is InChI=1S/C20H25F2N5O3S/c1-10(2)16-15(25-11(3)30-16)17(28)26-12-5-6-24-14(7-12)20(4)8-13(9-29-18(21)22)31-19(23)27-20/h5-7,10,13,18H,8-9H2,1-4H3,(H2,23,27)(H,24,26,28)/t13-,20-/m0/s1. The monoisotopic (exact) mass is 453 g/mol. The summed E-state index contributed by atoms with van der Waals surface area (Å²) in [4.78, 5) is 25.9. The second-order valence-electron chi connectivity index (χ2n) is 7.75. The van der Waals surface area contributed by atoms with Crippen molar-refractivity contribution in [1.29, 1.82) is 0 Å². The number of hydrogen-bond acceptors (Lipinski definition) is 8. The van der Waals surface area contributed by atoms with Crippen LogP contribution in [-0.2, 0) is 10.3 Å². The third-order valence-electron chi connectivity index (χ3n) is 4.75. The quantitative estimate of drug-likeness (QED) is 0.650. The molecule has 1 amide bonds. The Balaban J connectivity index is 1.81. The van der Waals surface area contributed by atoms with Gasteiger partial charge in [-0.05, 0) is 25.5 Å². The van der Waals surface area contributed by atoms with E-state index in [0.717, 1.165) is 0 Å². The van der Waals surface area contributed by atoms with Gasteiger partial charge in [0.1, 0.15) is 11.3 Å². The zero-order valence-electron chi connectivity index (χ0n) is 17.7. The van der Waals surface area contributed by atoms with E-state index < -0.39 is 18.1 Å². The van der Waals surface area contributed by atoms with Crippen molar-refractivity contribution >= 4 is 28.5 Å². The van der Waals surface area contributed by atoms with Gasteiger partial charge < -0.3 is 20.2 Å². The molecule has 8 nitrogen and oxygen atoms in total. The van der Waals surface area contributed by atoms with Gasteiger partial charge in [0.2, 0.25) is 0 Å². The second-order valence-corrected chi connectivity index (χ2v) is 9.07. The van der Waals surface area contributed by atoms with E-state index in [4.69, 9.17) is 10.2 Å². The summed E-state index contributed by atoms with van der Waals surface area (Å²) in [7, 11) is 0. The third-order valence-corrected chi connectivity index (χ3v) is 5.72. The molecule has 31 heavy (non-hydrogen) atoms. The van der Waals surface area contributed by atoms with Crippen molar-refractivity contribution in [3.8, 4) is 0 Å². The fourth-order valence-electron chi connectivity index (χ4n) is 3.40. The molecule has 0 aliphatic carbocycles. The van der Waals surface area contributed by atoms with Gasteiger partial charge in [0, 0.05) is 30.0 Å². The molecule has 3 rings (SSSR count). The summed E-state index contributed by atoms with van der Waals surface area (Å²) in [5.74, 6) is 0.532. The van der Waals surface area contributed by atoms with Crippen LogP contribution in [0.5, 0.6) is 0 Å². The fraction of sp³-hybridized carbons (Fsp3) is 0.500. The van der Waals surface area contributed by atoms with Gasteiger partial charge in [0.05, 0.1) is 12.3 Å². The average molecular weight is 454 g/mol. The van der Waals surface area contributed by atoms with Crippen molar-refractivity contribution < 1.29 is 22.7 Å². The van der Waals surface area contributed by atoms with Crippen molar-refractivity contribution in [2.45, 2.75) is 57.4 Å². The fourth-order valence-corrected chi connectivity index (χ4v) is 4.55. The smallest absolute Gasteiger partial charge is 0.345 e. The van der Waals surface area contributed by atoms with Crippen LogP contribution in [0.1, 0.15) is 60.9 Å². The number of nitrogens with one attached hydrogen (secondary N) is 1. The molecule has 0 saturated heterocycles. The summed E-state index contributed by atoms with van der Waals surface area (Å²) < 4.78 is 34.9. The number of hydrogen-bond donors (Lipinski definition) is 2. The van der Waals surface area contributed by atoms with E-state index in [9.17, 15) is 13.6 Å². The van der Waals surface area contributed by atoms with Crippen molar-refractivity contribution in [3.63, 3.8) is 0 Å². The molecule has 0 fully saturated rings. The number of carbonyl (C=O) groups excluding carboxylic acids is 1. The molecule has 0 spiro atoms. The lowest BCUT2D eigenvalue weighted by Gasteiger charge is -2.33. The van der Waals surface area contributed by atoms with Gasteiger partial charge in [-0.1, -0.05) is 25.6 Å². The number of carbonyl (C=O) groups is 1. The minimum absolute atomic E-state index is 0.00157. The van der Waals surface area contributed by atoms with Crippen LogP contribution in [0.15, 0.2) is 27.7 Å². The number of alkyl halides is 2. The molecule has 0 saturated carbocycles. The van der Waals surface area contributed by atoms with Gasteiger partial charge in [-0.2, -0.15) is 8.78 Å². The van der Waals surface area contributed by atoms with E-state index in [2.05, 4.69) is 25.0 Å². The first-order valence-electron chi connectivity index (χ1n) is 9.74. The first kappa shape index (κ1) is 23.1. The van der Waals surface area contributed by atoms with Crippen molar-refractivity contribution in [3.05, 3.63) is 41.4 Å². The number of anilines is 1. The molecule has 1 aliphatic heterocycles. The first-order chi connectivity index (χ1) is 14.6. The average Bonchev–Trinajstić information content (AvgIpc) is 3.08. The topological polar surface area (TPSA) is 116 Å². The van der Waals surface area contributed by atoms with Gasteiger partial charge in [0.25, 0.3) is 5.91 Å². The maximum atomic E-state index is 12.8. The van der Waals surface area contributed by atoms with Gasteiger partial charge in [-0.3, -0.25) is 9.78 Å². The number of aromatic nitrogens is 2. The Hall–Kier alpha value is -2.53. The van der Waals surface area contributed by atoms with Gasteiger partial charge in [-0.15, -0.1) is 0 Å². The highest BCUT2D eigenvalue weighted by Crippen LogP contribution is 2.39. The number of amidine groups is 1. The summed E-state index contributed by atoms with van der Waals surface area (Å²) in [5.41, 5.74) is 6.38. The molecule has 3 N–H and O–H groups in total. The first-order valence-corrected chi connectivity index (χ1v) is 10.6. The van der Waals surface area contributed by atoms with Crippen molar-refractivity contribution in [2.24, 2.45) is 10.7 Å². The number of halogens is 2. The highest BCUT2D eigenvalue weighted by atomic mass is 32.2. The number of thioether (sulfide) groups is 1. The number of aliphatic imine (C=N–C) groups is 1. The predicted molar refractivity (Wildman–Crippen MR) is 114 cm³/mol. The Bertz CT molecular complexity index is 981. The Morgan fingerprint density at radius 1 is 1.48 bits per heavy atom. The van der Waals surface area contributed by atoms with E-state index >= 15 is 0 Å². The number of oxazole rings is 1. The molecule has 168 valence electrons. The summed E-state index contributed by atoms with van der Waals surface area (Å²) in [6.07, 6.45) is 1.95. The third kappa shape index (κ3) is 5.59. The molecule has 11 heteroatoms. The van der Waals surface area contributed by atoms with Crippen molar-refractivity contribution in [2.75, 3.05) is 11.9 Å². The molecule has 2 aromatic rings. The Morgan fingerprint density at radius 2 is 2.23 bits per heavy atom. The minimum Gasteiger partial charge on any atom is -0.445 e. The Labute approximate surface area is 183 Å². The van der Waals surface area contributed by atoms with Crippen LogP contribution in [0.25, 0.3) is 0 Å². The van der Waals surface area contributed by atoms with E-state index in [0.29, 0.717) is 29.5 Å². The van der Waals surface area contributed by atoms with Crippen LogP contribution in [0, 0.1) is 6.92 Å². The zero-order chi connectivity index (χ0) is 22.8. The molecule has 0 bridgehead atoms. The van der Waals surface area contributed by atoms with E-state index in [1.165, 1.54) is 11.8 Å². The molecule has 0 aromatic carbocycles. The lowest BCUT2D eigenvalue weighted by Crippen LogP contribution is -2.36. The number of aryl methyl sites for hydroxylation is 1. The van der Waals surface area contributed by atoms with Gasteiger partial charge >= 0.3 is 6.61 Å². The maximum Gasteiger partial charge on any atom is 0.345 e. The Morgan fingerprint density at radius 3 is 2.90 bits per heavy atom. The van der Waals surface area contributed by atoms with Crippen LogP contribution >= 0.6 is 11.8 Å².